The van der Waals surface area contributed by atoms with E-state index in [9.17, 15) is 24.3 Å². The third kappa shape index (κ3) is 8.79. The molecular formula is C50H66N10O6. The van der Waals surface area contributed by atoms with Crippen molar-refractivity contribution in [1.82, 2.24) is 40.0 Å². The minimum absolute atomic E-state index is 0.0255. The Bertz CT molecular complexity index is 2580. The van der Waals surface area contributed by atoms with E-state index in [0.717, 1.165) is 88.1 Å². The molecule has 66 heavy (non-hydrogen) atoms. The first kappa shape index (κ1) is 46.4. The van der Waals surface area contributed by atoms with Crippen molar-refractivity contribution in [1.29, 1.82) is 0 Å². The Morgan fingerprint density at radius 2 is 1.36 bits per heavy atom. The van der Waals surface area contributed by atoms with Gasteiger partial charge < -0.3 is 45.6 Å². The number of nitrogens with one attached hydrogen (secondary N) is 3. The number of likely N-dealkylation sites (tertiary alicyclic amines) is 2. The molecule has 3 aliphatic heterocycles. The summed E-state index contributed by atoms with van der Waals surface area (Å²) >= 11 is 0. The number of anilines is 1. The molecule has 16 heteroatoms. The molecule has 16 nitrogen and oxygen atoms in total. The molecule has 0 radical (unpaired) electrons. The maximum Gasteiger partial charge on any atom is 0.407 e. The quantitative estimate of drug-likeness (QED) is 0.0768. The van der Waals surface area contributed by atoms with Crippen LogP contribution in [0.4, 0.5) is 15.3 Å². The smallest absolute Gasteiger partial charge is 0.407 e. The zero-order chi connectivity index (χ0) is 47.2. The topological polar surface area (TPSA) is 206 Å². The predicted molar refractivity (Wildman–Crippen MR) is 254 cm³/mol. The number of carboxylic acid groups (broad SMARTS) is 1. The van der Waals surface area contributed by atoms with Gasteiger partial charge in [-0.15, -0.1) is 0 Å². The zero-order valence-corrected chi connectivity index (χ0v) is 39.5. The van der Waals surface area contributed by atoms with Crippen molar-refractivity contribution in [2.24, 2.45) is 17.6 Å². The molecule has 0 spiro atoms. The Labute approximate surface area is 386 Å². The van der Waals surface area contributed by atoms with Gasteiger partial charge in [0.05, 0.1) is 53.3 Å². The second-order valence-electron chi connectivity index (χ2n) is 19.8. The first-order valence-electron chi connectivity index (χ1n) is 23.5. The van der Waals surface area contributed by atoms with Crippen LogP contribution in [0.2, 0.25) is 0 Å². The van der Waals surface area contributed by atoms with Crippen LogP contribution in [0.25, 0.3) is 22.1 Å². The van der Waals surface area contributed by atoms with Crippen molar-refractivity contribution in [3.05, 3.63) is 89.0 Å². The van der Waals surface area contributed by atoms with Crippen LogP contribution < -0.4 is 16.0 Å². The highest BCUT2D eigenvalue weighted by atomic mass is 16.5. The summed E-state index contributed by atoms with van der Waals surface area (Å²) in [4.78, 5) is 76.5. The first-order chi connectivity index (χ1) is 31.5. The van der Waals surface area contributed by atoms with Gasteiger partial charge in [-0.25, -0.2) is 19.6 Å². The minimum atomic E-state index is -1.13. The molecule has 3 aromatic carbocycles. The second kappa shape index (κ2) is 18.6. The predicted octanol–water partition coefficient (Wildman–Crippen LogP) is 8.10. The Balaban J connectivity index is 1.10. The van der Waals surface area contributed by atoms with Gasteiger partial charge in [-0.05, 0) is 103 Å². The number of aromatic amines is 2. The maximum absolute atomic E-state index is 14.0. The van der Waals surface area contributed by atoms with Crippen molar-refractivity contribution in [3.63, 3.8) is 0 Å². The highest BCUT2D eigenvalue weighted by Gasteiger charge is 2.41. The van der Waals surface area contributed by atoms with E-state index in [4.69, 9.17) is 20.4 Å². The lowest BCUT2D eigenvalue weighted by Gasteiger charge is -2.34. The summed E-state index contributed by atoms with van der Waals surface area (Å²) in [7, 11) is 2.76. The van der Waals surface area contributed by atoms with Crippen molar-refractivity contribution < 1.29 is 29.0 Å². The number of H-pyrrole nitrogens is 2. The number of methoxy groups -OCH3 is 1. The van der Waals surface area contributed by atoms with Gasteiger partial charge in [0.15, 0.2) is 0 Å². The molecule has 5 heterocycles. The summed E-state index contributed by atoms with van der Waals surface area (Å²) in [5.74, 6) is 0.778. The number of carbonyl (C=O) groups excluding carboxylic acids is 3. The van der Waals surface area contributed by atoms with Crippen molar-refractivity contribution in [3.8, 4) is 0 Å². The van der Waals surface area contributed by atoms with Crippen LogP contribution in [-0.2, 0) is 19.7 Å². The van der Waals surface area contributed by atoms with Crippen LogP contribution in [0.1, 0.15) is 133 Å². The van der Waals surface area contributed by atoms with Crippen molar-refractivity contribution in [2.45, 2.75) is 122 Å². The number of imidazole rings is 2. The molecule has 4 amide bonds. The van der Waals surface area contributed by atoms with Gasteiger partial charge in [0.1, 0.15) is 23.7 Å². The van der Waals surface area contributed by atoms with Gasteiger partial charge in [-0.3, -0.25) is 14.5 Å². The van der Waals surface area contributed by atoms with Gasteiger partial charge in [-0.2, -0.15) is 0 Å². The lowest BCUT2D eigenvalue weighted by molar-refractivity contribution is -0.138. The average Bonchev–Trinajstić information content (AvgIpc) is 4.16. The molecule has 3 saturated heterocycles. The van der Waals surface area contributed by atoms with Gasteiger partial charge in [-0.1, -0.05) is 65.8 Å². The number of alkyl carbamates (subject to hydrolysis) is 1. The second-order valence-corrected chi connectivity index (χ2v) is 19.8. The van der Waals surface area contributed by atoms with E-state index in [0.29, 0.717) is 25.5 Å². The Kier molecular flexibility index (Phi) is 13.1. The Hall–Kier alpha value is -6.16. The zero-order valence-electron chi connectivity index (χ0n) is 39.5. The molecule has 6 N–H and O–H groups in total. The van der Waals surface area contributed by atoms with E-state index in [2.05, 4.69) is 94.7 Å². The highest BCUT2D eigenvalue weighted by Crippen LogP contribution is 2.48. The summed E-state index contributed by atoms with van der Waals surface area (Å²) in [6.45, 7) is 13.5. The number of carbonyl (C=O) groups is 4. The fraction of sp³-hybridized carbons (Fsp3) is 0.520. The molecule has 6 atom stereocenters. The van der Waals surface area contributed by atoms with Crippen LogP contribution in [0.15, 0.2) is 60.7 Å². The average molecular weight is 903 g/mol. The van der Waals surface area contributed by atoms with Gasteiger partial charge >= 0.3 is 12.2 Å². The maximum atomic E-state index is 14.0. The first-order valence-corrected chi connectivity index (χ1v) is 23.5. The van der Waals surface area contributed by atoms with Crippen LogP contribution in [0, 0.1) is 11.8 Å². The summed E-state index contributed by atoms with van der Waals surface area (Å²) in [6.07, 6.45) is 3.17. The molecule has 0 aliphatic carbocycles. The largest absolute Gasteiger partial charge is 0.465 e. The van der Waals surface area contributed by atoms with E-state index < -0.39 is 24.3 Å². The Morgan fingerprint density at radius 1 is 0.788 bits per heavy atom. The monoisotopic (exact) mass is 903 g/mol. The highest BCUT2D eigenvalue weighted by molar-refractivity contribution is 5.87. The molecule has 0 bridgehead atoms. The molecule has 8 rings (SSSR count). The minimum Gasteiger partial charge on any atom is -0.465 e. The van der Waals surface area contributed by atoms with E-state index in [1.165, 1.54) is 19.7 Å². The SMILES string of the molecule is COC(=O)N[C@H](C(=O)N1CCC[C@H]1c1nc2cc([C@H]3CC[C@H](c4ccc5nc([C@@H]6CCCN6C(=O)[C@H](C(C)C)N(C)C(=O)O)[nH]c5c4)N3c3ccc(C(C)(C)CN)cc3)ccc2[nH]1)C(C)C. The summed E-state index contributed by atoms with van der Waals surface area (Å²) < 4.78 is 4.83. The number of nitrogens with zero attached hydrogens (tertiary/aromatic N) is 6. The lowest BCUT2D eigenvalue weighted by atomic mass is 9.85. The number of fused-ring (bicyclic) bond motifs is 2. The molecule has 0 unspecified atom stereocenters. The number of amides is 4. The summed E-state index contributed by atoms with van der Waals surface area (Å²) in [6, 6.07) is 19.7. The van der Waals surface area contributed by atoms with Gasteiger partial charge in [0.25, 0.3) is 0 Å². The van der Waals surface area contributed by atoms with E-state index >= 15 is 0 Å². The normalized spacial score (nSPS) is 21.0. The number of rotatable bonds is 13. The number of benzene rings is 3. The van der Waals surface area contributed by atoms with E-state index in [-0.39, 0.29) is 53.2 Å². The van der Waals surface area contributed by atoms with E-state index in [1.54, 1.807) is 4.90 Å². The summed E-state index contributed by atoms with van der Waals surface area (Å²) in [5, 5.41) is 12.5. The molecule has 3 fully saturated rings. The number of likely N-dealkylation sites (N-methyl/N-ethyl adjacent to an activating group) is 1. The van der Waals surface area contributed by atoms with Crippen LogP contribution in [0.3, 0.4) is 0 Å². The Morgan fingerprint density at radius 3 is 1.94 bits per heavy atom. The summed E-state index contributed by atoms with van der Waals surface area (Å²) in [5.41, 5.74) is 14.0. The fourth-order valence-electron chi connectivity index (χ4n) is 10.5. The molecule has 5 aromatic rings. The van der Waals surface area contributed by atoms with Crippen LogP contribution >= 0.6 is 0 Å². The molecule has 2 aromatic heterocycles. The number of hydrogen-bond acceptors (Lipinski definition) is 9. The number of aromatic nitrogens is 4. The molecular weight excluding hydrogens is 837 g/mol. The van der Waals surface area contributed by atoms with Crippen molar-refractivity contribution >= 4 is 51.8 Å². The standard InChI is InChI=1S/C50H66N10O6/c1-28(2)42(56-48(63)66-8)46(61)58-23-9-11-40(58)44-52-34-19-13-30(25-36(34)54-44)38-21-22-39(60(38)33-17-15-32(16-18-33)50(5,6)27-51)31-14-20-35-37(26-31)55-45(53-35)41-12-10-24-59(41)47(62)43(29(3)4)57(7)49(64)65/h13-20,25-26,28-29,38-43H,9-12,21-24,27,51H2,1-8H3,(H,52,54)(H,53,55)(H,56,63)(H,64,65)/t38-,39-,40+,41+,42+,43+/m1/s1. The number of ether oxygens (including phenoxy) is 1. The van der Waals surface area contributed by atoms with Crippen LogP contribution in [0.5, 0.6) is 0 Å². The number of hydrogen-bond donors (Lipinski definition) is 5. The lowest BCUT2D eigenvalue weighted by Crippen LogP contribution is -2.51. The molecule has 0 saturated carbocycles. The van der Waals surface area contributed by atoms with E-state index in [1.807, 2.05) is 32.6 Å². The number of nitrogens with two attached hydrogens (primary N) is 1. The van der Waals surface area contributed by atoms with Crippen molar-refractivity contribution in [2.75, 3.05) is 38.7 Å². The van der Waals surface area contributed by atoms with Gasteiger partial charge in [0, 0.05) is 37.8 Å². The third-order valence-corrected chi connectivity index (χ3v) is 14.4. The molecule has 352 valence electrons. The van der Waals surface area contributed by atoms with Crippen LogP contribution in [-0.4, -0.2) is 110 Å². The van der Waals surface area contributed by atoms with Gasteiger partial charge in [0.2, 0.25) is 11.8 Å². The third-order valence-electron chi connectivity index (χ3n) is 14.4. The molecule has 3 aliphatic rings. The fourth-order valence-corrected chi connectivity index (χ4v) is 10.5.